The van der Waals surface area contributed by atoms with Gasteiger partial charge in [-0.15, -0.1) is 0 Å². The lowest BCUT2D eigenvalue weighted by molar-refractivity contribution is -0.107. The lowest BCUT2D eigenvalue weighted by Crippen LogP contribution is -2.27. The van der Waals surface area contributed by atoms with Crippen molar-refractivity contribution in [3.05, 3.63) is 23.8 Å². The van der Waals surface area contributed by atoms with Gasteiger partial charge in [0, 0.05) is 22.9 Å². The molecule has 0 spiro atoms. The number of fused-ring (bicyclic) bond motifs is 1. The van der Waals surface area contributed by atoms with Gasteiger partial charge in [-0.1, -0.05) is 0 Å². The average molecular weight is 260 g/mol. The van der Waals surface area contributed by atoms with Crippen LogP contribution < -0.4 is 4.90 Å². The van der Waals surface area contributed by atoms with Gasteiger partial charge in [0.2, 0.25) is 6.41 Å². The fourth-order valence-electron chi connectivity index (χ4n) is 1.86. The minimum Gasteiger partial charge on any atom is -0.315 e. The van der Waals surface area contributed by atoms with Crippen LogP contribution in [0.4, 0.5) is 5.69 Å². The first-order valence-corrected chi connectivity index (χ1v) is 7.13. The van der Waals surface area contributed by atoms with E-state index in [1.54, 1.807) is 11.0 Å². The topological polar surface area (TPSA) is 54.5 Å². The van der Waals surface area contributed by atoms with Crippen LogP contribution in [0.1, 0.15) is 12.0 Å². The highest BCUT2D eigenvalue weighted by molar-refractivity contribution is 8.13. The van der Waals surface area contributed by atoms with Gasteiger partial charge >= 0.3 is 0 Å². The summed E-state index contributed by atoms with van der Waals surface area (Å²) in [5.41, 5.74) is 1.62. The van der Waals surface area contributed by atoms with Gasteiger partial charge in [-0.25, -0.2) is 8.42 Å². The Balaban J connectivity index is 2.51. The van der Waals surface area contributed by atoms with Gasteiger partial charge < -0.3 is 4.90 Å². The Labute approximate surface area is 98.2 Å². The summed E-state index contributed by atoms with van der Waals surface area (Å²) in [7, 11) is 1.57. The summed E-state index contributed by atoms with van der Waals surface area (Å²) in [6.45, 7) is 0.670. The molecule has 2 rings (SSSR count). The molecule has 0 atom stereocenters. The quantitative estimate of drug-likeness (QED) is 0.598. The second-order valence-corrected chi connectivity index (χ2v) is 6.20. The molecule has 0 saturated heterocycles. The molecule has 0 radical (unpaired) electrons. The molecule has 6 heteroatoms. The van der Waals surface area contributed by atoms with Crippen LogP contribution in [-0.2, 0) is 20.3 Å². The number of halogens is 1. The van der Waals surface area contributed by atoms with Crippen LogP contribution in [0, 0.1) is 0 Å². The van der Waals surface area contributed by atoms with Crippen LogP contribution in [0.15, 0.2) is 23.1 Å². The highest BCUT2D eigenvalue weighted by Crippen LogP contribution is 2.29. The van der Waals surface area contributed by atoms with E-state index in [-0.39, 0.29) is 4.90 Å². The van der Waals surface area contributed by atoms with Gasteiger partial charge in [0.05, 0.1) is 4.90 Å². The zero-order chi connectivity index (χ0) is 11.8. The predicted molar refractivity (Wildman–Crippen MR) is 61.2 cm³/mol. The van der Waals surface area contributed by atoms with Gasteiger partial charge in [-0.05, 0) is 36.6 Å². The Bertz CT molecular complexity index is 527. The monoisotopic (exact) mass is 259 g/mol. The summed E-state index contributed by atoms with van der Waals surface area (Å²) < 4.78 is 22.3. The lowest BCUT2D eigenvalue weighted by atomic mass is 10.0. The van der Waals surface area contributed by atoms with Gasteiger partial charge in [0.15, 0.2) is 0 Å². The van der Waals surface area contributed by atoms with E-state index in [9.17, 15) is 13.2 Å². The van der Waals surface area contributed by atoms with E-state index in [1.807, 2.05) is 0 Å². The third-order valence-electron chi connectivity index (χ3n) is 2.61. The minimum absolute atomic E-state index is 0.0839. The summed E-state index contributed by atoms with van der Waals surface area (Å²) in [5, 5.41) is 0. The second kappa shape index (κ2) is 4.07. The Hall–Kier alpha value is -1.07. The van der Waals surface area contributed by atoms with E-state index in [1.165, 1.54) is 12.1 Å². The number of rotatable bonds is 2. The van der Waals surface area contributed by atoms with Gasteiger partial charge in [-0.3, -0.25) is 4.79 Å². The third-order valence-corrected chi connectivity index (χ3v) is 3.97. The summed E-state index contributed by atoms with van der Waals surface area (Å²) in [5.74, 6) is 0. The van der Waals surface area contributed by atoms with Crippen LogP contribution in [0.3, 0.4) is 0 Å². The molecule has 4 nitrogen and oxygen atoms in total. The Kier molecular flexibility index (Phi) is 2.90. The molecule has 1 aliphatic heterocycles. The molecule has 86 valence electrons. The third kappa shape index (κ3) is 2.05. The molecule has 0 bridgehead atoms. The van der Waals surface area contributed by atoms with E-state index < -0.39 is 9.05 Å². The highest BCUT2D eigenvalue weighted by Gasteiger charge is 2.19. The van der Waals surface area contributed by atoms with E-state index in [4.69, 9.17) is 10.7 Å². The second-order valence-electron chi connectivity index (χ2n) is 3.63. The fraction of sp³-hybridized carbons (Fsp3) is 0.300. The van der Waals surface area contributed by atoms with Crippen LogP contribution in [0.25, 0.3) is 0 Å². The first kappa shape index (κ1) is 11.4. The molecule has 0 fully saturated rings. The van der Waals surface area contributed by atoms with Crippen LogP contribution >= 0.6 is 10.7 Å². The zero-order valence-electron chi connectivity index (χ0n) is 8.39. The van der Waals surface area contributed by atoms with Crippen LogP contribution in [0.5, 0.6) is 0 Å². The first-order valence-electron chi connectivity index (χ1n) is 4.82. The van der Waals surface area contributed by atoms with E-state index in [0.29, 0.717) is 6.54 Å². The van der Waals surface area contributed by atoms with E-state index >= 15 is 0 Å². The van der Waals surface area contributed by atoms with Gasteiger partial charge in [0.1, 0.15) is 0 Å². The van der Waals surface area contributed by atoms with Crippen molar-refractivity contribution in [2.75, 3.05) is 11.4 Å². The van der Waals surface area contributed by atoms with Crippen molar-refractivity contribution >= 4 is 31.8 Å². The molecule has 1 aromatic rings. The van der Waals surface area contributed by atoms with Crippen molar-refractivity contribution in [3.8, 4) is 0 Å². The molecule has 1 heterocycles. The van der Waals surface area contributed by atoms with Crippen molar-refractivity contribution in [1.29, 1.82) is 0 Å². The standard InChI is InChI=1S/C10H10ClNO3S/c11-16(14,15)9-3-4-10-8(6-9)2-1-5-12(10)7-13/h3-4,6-7H,1-2,5H2. The Morgan fingerprint density at radius 3 is 2.75 bits per heavy atom. The number of benzene rings is 1. The Morgan fingerprint density at radius 2 is 2.12 bits per heavy atom. The molecule has 1 aromatic carbocycles. The molecule has 16 heavy (non-hydrogen) atoms. The number of amides is 1. The average Bonchev–Trinajstić information content (AvgIpc) is 2.26. The van der Waals surface area contributed by atoms with E-state index in [0.717, 1.165) is 30.5 Å². The molecule has 0 unspecified atom stereocenters. The normalized spacial score (nSPS) is 15.7. The number of carbonyl (C=O) groups is 1. The molecular formula is C10H10ClNO3S. The van der Waals surface area contributed by atoms with E-state index in [2.05, 4.69) is 0 Å². The maximum Gasteiger partial charge on any atom is 0.261 e. The molecule has 0 N–H and O–H groups in total. The number of hydrogen-bond donors (Lipinski definition) is 0. The molecule has 1 aliphatic rings. The zero-order valence-corrected chi connectivity index (χ0v) is 9.96. The summed E-state index contributed by atoms with van der Waals surface area (Å²) in [4.78, 5) is 12.4. The van der Waals surface area contributed by atoms with Crippen LogP contribution in [-0.4, -0.2) is 21.4 Å². The number of hydrogen-bond acceptors (Lipinski definition) is 3. The minimum atomic E-state index is -3.70. The van der Waals surface area contributed by atoms with Crippen molar-refractivity contribution in [1.82, 2.24) is 0 Å². The fourth-order valence-corrected chi connectivity index (χ4v) is 2.67. The first-order chi connectivity index (χ1) is 7.52. The number of aryl methyl sites for hydroxylation is 1. The number of anilines is 1. The molecule has 0 saturated carbocycles. The summed E-state index contributed by atoms with van der Waals surface area (Å²) in [6, 6.07) is 4.58. The van der Waals surface area contributed by atoms with Crippen molar-refractivity contribution in [3.63, 3.8) is 0 Å². The summed E-state index contributed by atoms with van der Waals surface area (Å²) >= 11 is 0. The smallest absolute Gasteiger partial charge is 0.261 e. The SMILES string of the molecule is O=CN1CCCc2cc(S(=O)(=O)Cl)ccc21. The van der Waals surface area contributed by atoms with Crippen molar-refractivity contribution in [2.24, 2.45) is 0 Å². The highest BCUT2D eigenvalue weighted by atomic mass is 35.7. The molecule has 0 aliphatic carbocycles. The lowest BCUT2D eigenvalue weighted by Gasteiger charge is -2.25. The van der Waals surface area contributed by atoms with Crippen molar-refractivity contribution < 1.29 is 13.2 Å². The molecular weight excluding hydrogens is 250 g/mol. The van der Waals surface area contributed by atoms with Crippen molar-refractivity contribution in [2.45, 2.75) is 17.7 Å². The number of carbonyl (C=O) groups excluding carboxylic acids is 1. The maximum absolute atomic E-state index is 11.2. The molecule has 0 aromatic heterocycles. The predicted octanol–water partition coefficient (Wildman–Crippen LogP) is 1.52. The summed E-state index contributed by atoms with van der Waals surface area (Å²) in [6.07, 6.45) is 2.35. The van der Waals surface area contributed by atoms with Crippen LogP contribution in [0.2, 0.25) is 0 Å². The number of nitrogens with zero attached hydrogens (tertiary/aromatic N) is 1. The van der Waals surface area contributed by atoms with Gasteiger partial charge in [-0.2, -0.15) is 0 Å². The molecule has 1 amide bonds. The maximum atomic E-state index is 11.2. The Morgan fingerprint density at radius 1 is 1.38 bits per heavy atom. The largest absolute Gasteiger partial charge is 0.315 e. The van der Waals surface area contributed by atoms with Gasteiger partial charge in [0.25, 0.3) is 9.05 Å².